The summed E-state index contributed by atoms with van der Waals surface area (Å²) < 4.78 is 22.8. The highest BCUT2D eigenvalue weighted by molar-refractivity contribution is 6.04. The molecule has 0 saturated heterocycles. The first kappa shape index (κ1) is 35.3. The topological polar surface area (TPSA) is 162 Å². The van der Waals surface area contributed by atoms with Gasteiger partial charge in [0.1, 0.15) is 23.3 Å². The van der Waals surface area contributed by atoms with Gasteiger partial charge < -0.3 is 40.2 Å². The monoisotopic (exact) mass is 599 g/mol. The normalized spacial score (nSPS) is 29.1. The lowest BCUT2D eigenvalue weighted by Crippen LogP contribution is -2.38. The number of hydrogen-bond donors (Lipinski definition) is 4. The number of ether oxygens (including phenoxy) is 4. The predicted octanol–water partition coefficient (Wildman–Crippen LogP) is 5.10. The summed E-state index contributed by atoms with van der Waals surface area (Å²) in [7, 11) is 4.67. The summed E-state index contributed by atoms with van der Waals surface area (Å²) in [6.45, 7) is 11.0. The number of benzene rings is 1. The van der Waals surface area contributed by atoms with Crippen LogP contribution in [0.1, 0.15) is 39.7 Å². The van der Waals surface area contributed by atoms with E-state index in [1.165, 1.54) is 25.5 Å². The van der Waals surface area contributed by atoms with E-state index in [1.54, 1.807) is 39.4 Å². The summed E-state index contributed by atoms with van der Waals surface area (Å²) in [6, 6.07) is 1.25. The van der Waals surface area contributed by atoms with Gasteiger partial charge in [-0.1, -0.05) is 50.8 Å². The maximum atomic E-state index is 13.0. The van der Waals surface area contributed by atoms with Crippen molar-refractivity contribution in [3.63, 3.8) is 0 Å². The lowest BCUT2D eigenvalue weighted by molar-refractivity contribution is -0.112. The quantitative estimate of drug-likeness (QED) is 0.152. The number of phenols is 2. The van der Waals surface area contributed by atoms with Gasteiger partial charge in [-0.15, -0.1) is 0 Å². The summed E-state index contributed by atoms with van der Waals surface area (Å²) in [4.78, 5) is 29.1. The van der Waals surface area contributed by atoms with Crippen LogP contribution in [0.25, 0.3) is 0 Å². The highest BCUT2D eigenvalue weighted by Crippen LogP contribution is 2.44. The van der Waals surface area contributed by atoms with Crippen molar-refractivity contribution >= 4 is 29.6 Å². The molecule has 6 atom stereocenters. The number of allylic oxidation sites excluding steroid dienone is 3. The SMILES string of the molecule is C=CC=Nc1c(O)cc2c(O)c1C[C@@H](C)C[C@H](OC)[C@H](OC)[C@@H](C)/C=C(\C)[C@H](OC(N)=O)[C@@H](OC)/C=C\C=C(/C)C(=O)N2. The summed E-state index contributed by atoms with van der Waals surface area (Å²) in [5.74, 6) is -1.21. The molecule has 43 heavy (non-hydrogen) atoms. The first-order valence-electron chi connectivity index (χ1n) is 14.0. The number of carbonyl (C=O) groups excluding carboxylic acids is 2. The lowest BCUT2D eigenvalue weighted by atomic mass is 9.87. The van der Waals surface area contributed by atoms with Crippen molar-refractivity contribution in [3.8, 4) is 11.5 Å². The third-order valence-electron chi connectivity index (χ3n) is 7.35. The zero-order valence-electron chi connectivity index (χ0n) is 26.0. The second kappa shape index (κ2) is 16.6. The molecular weight excluding hydrogens is 554 g/mol. The van der Waals surface area contributed by atoms with E-state index in [-0.39, 0.29) is 40.8 Å². The van der Waals surface area contributed by atoms with E-state index in [9.17, 15) is 19.8 Å². The van der Waals surface area contributed by atoms with Crippen LogP contribution in [0.15, 0.2) is 59.2 Å². The first-order valence-corrected chi connectivity index (χ1v) is 14.0. The van der Waals surface area contributed by atoms with Crippen LogP contribution in [-0.2, 0) is 30.2 Å². The molecule has 0 aliphatic carbocycles. The smallest absolute Gasteiger partial charge is 0.405 e. The number of phenolic OH excluding ortho intramolecular Hbond substituents is 2. The molecule has 2 amide bonds. The molecule has 0 radical (unpaired) electrons. The van der Waals surface area contributed by atoms with Crippen LogP contribution in [-0.4, -0.2) is 74.2 Å². The van der Waals surface area contributed by atoms with Gasteiger partial charge >= 0.3 is 6.09 Å². The third-order valence-corrected chi connectivity index (χ3v) is 7.35. The van der Waals surface area contributed by atoms with Crippen molar-refractivity contribution in [1.29, 1.82) is 0 Å². The molecule has 0 unspecified atom stereocenters. The van der Waals surface area contributed by atoms with Gasteiger partial charge in [0.15, 0.2) is 6.10 Å². The van der Waals surface area contributed by atoms with Crippen molar-refractivity contribution in [2.75, 3.05) is 26.6 Å². The number of hydrogen-bond acceptors (Lipinski definition) is 9. The Bertz CT molecular complexity index is 1270. The fraction of sp³-hybridized carbons (Fsp3) is 0.469. The van der Waals surface area contributed by atoms with Crippen molar-refractivity contribution in [2.45, 2.75) is 65.0 Å². The maximum absolute atomic E-state index is 13.0. The fourth-order valence-electron chi connectivity index (χ4n) is 5.22. The Labute approximate surface area is 253 Å². The van der Waals surface area contributed by atoms with E-state index >= 15 is 0 Å². The van der Waals surface area contributed by atoms with Gasteiger partial charge in [-0.2, -0.15) is 0 Å². The molecule has 11 heteroatoms. The molecule has 1 aliphatic rings. The first-order chi connectivity index (χ1) is 20.4. The van der Waals surface area contributed by atoms with Crippen LogP contribution < -0.4 is 11.1 Å². The second-order valence-electron chi connectivity index (χ2n) is 10.7. The van der Waals surface area contributed by atoms with Gasteiger partial charge in [0.2, 0.25) is 0 Å². The lowest BCUT2D eigenvalue weighted by Gasteiger charge is -2.32. The zero-order chi connectivity index (χ0) is 32.3. The van der Waals surface area contributed by atoms with Gasteiger partial charge in [-0.05, 0) is 38.2 Å². The molecule has 0 fully saturated rings. The average molecular weight is 600 g/mol. The van der Waals surface area contributed by atoms with Gasteiger partial charge in [0, 0.05) is 50.7 Å². The van der Waals surface area contributed by atoms with Crippen LogP contribution in [0.2, 0.25) is 0 Å². The van der Waals surface area contributed by atoms with E-state index in [0.717, 1.165) is 0 Å². The Kier molecular flexibility index (Phi) is 13.6. The second-order valence-corrected chi connectivity index (χ2v) is 10.7. The van der Waals surface area contributed by atoms with Crippen LogP contribution in [0.3, 0.4) is 0 Å². The number of nitrogens with two attached hydrogens (primary N) is 1. The van der Waals surface area contributed by atoms with Gasteiger partial charge in [0.25, 0.3) is 5.91 Å². The fourth-order valence-corrected chi connectivity index (χ4v) is 5.22. The molecule has 5 N–H and O–H groups in total. The highest BCUT2D eigenvalue weighted by Gasteiger charge is 2.31. The van der Waals surface area contributed by atoms with Crippen LogP contribution in [0.4, 0.5) is 16.2 Å². The number of carbonyl (C=O) groups is 2. The van der Waals surface area contributed by atoms with Gasteiger partial charge in [-0.3, -0.25) is 9.79 Å². The Balaban J connectivity index is 2.73. The summed E-state index contributed by atoms with van der Waals surface area (Å²) >= 11 is 0. The Morgan fingerprint density at radius 2 is 1.86 bits per heavy atom. The summed E-state index contributed by atoms with van der Waals surface area (Å²) in [6.07, 6.45) is 7.10. The zero-order valence-corrected chi connectivity index (χ0v) is 26.0. The van der Waals surface area contributed by atoms with Crippen molar-refractivity contribution < 1.29 is 38.7 Å². The number of methoxy groups -OCH3 is 3. The molecule has 0 aromatic heterocycles. The molecule has 1 aromatic carbocycles. The molecule has 1 heterocycles. The number of nitrogens with zero attached hydrogens (tertiary/aromatic N) is 1. The maximum Gasteiger partial charge on any atom is 0.405 e. The predicted molar refractivity (Wildman–Crippen MR) is 167 cm³/mol. The van der Waals surface area contributed by atoms with Gasteiger partial charge in [-0.25, -0.2) is 4.79 Å². The highest BCUT2D eigenvalue weighted by atomic mass is 16.6. The molecular formula is C32H45N3O8. The van der Waals surface area contributed by atoms with Crippen LogP contribution in [0, 0.1) is 11.8 Å². The number of fused-ring (bicyclic) bond motifs is 2. The van der Waals surface area contributed by atoms with E-state index in [2.05, 4.69) is 16.9 Å². The number of aliphatic imine (C=N–C) groups is 1. The molecule has 11 nitrogen and oxygen atoms in total. The Morgan fingerprint density at radius 3 is 2.44 bits per heavy atom. The molecule has 1 aromatic rings. The minimum atomic E-state index is -0.959. The van der Waals surface area contributed by atoms with E-state index in [1.807, 2.05) is 26.8 Å². The van der Waals surface area contributed by atoms with Crippen molar-refractivity contribution in [2.24, 2.45) is 22.6 Å². The minimum absolute atomic E-state index is 0.0353. The number of primary amides is 1. The number of rotatable bonds is 6. The summed E-state index contributed by atoms with van der Waals surface area (Å²) in [5.41, 5.74) is 6.95. The van der Waals surface area contributed by atoms with Crippen LogP contribution in [0.5, 0.6) is 11.5 Å². The summed E-state index contributed by atoms with van der Waals surface area (Å²) in [5, 5.41) is 24.8. The Hall–Kier alpha value is -3.93. The van der Waals surface area contributed by atoms with E-state index in [0.29, 0.717) is 29.6 Å². The minimum Gasteiger partial charge on any atom is -0.506 e. The number of nitrogens with one attached hydrogen (secondary N) is 1. The molecule has 0 saturated carbocycles. The average Bonchev–Trinajstić information content (AvgIpc) is 2.95. The molecule has 2 bridgehead atoms. The van der Waals surface area contributed by atoms with E-state index < -0.39 is 30.3 Å². The number of amides is 2. The largest absolute Gasteiger partial charge is 0.506 e. The molecule has 2 rings (SSSR count). The number of anilines is 1. The molecule has 0 spiro atoms. The molecule has 1 aliphatic heterocycles. The van der Waals surface area contributed by atoms with Crippen LogP contribution >= 0.6 is 0 Å². The third kappa shape index (κ3) is 9.54. The number of aromatic hydroxyl groups is 2. The van der Waals surface area contributed by atoms with Crippen molar-refractivity contribution in [1.82, 2.24) is 0 Å². The Morgan fingerprint density at radius 1 is 1.16 bits per heavy atom. The molecule has 236 valence electrons. The van der Waals surface area contributed by atoms with Gasteiger partial charge in [0.05, 0.1) is 17.9 Å². The van der Waals surface area contributed by atoms with Crippen molar-refractivity contribution in [3.05, 3.63) is 59.7 Å². The standard InChI is InChI=1S/C32H45N3O8/c1-9-13-34-27-22-14-18(2)15-26(41-7)29(42-8)20(4)16-21(5)30(43-32(33)39)25(40-6)12-10-11-19(3)31(38)35-23(28(22)37)17-24(27)36/h9-13,16-18,20,25-26,29-30,36-37H,1,14-15H2,2-8H3,(H2,33,39)(H,35,38)/b12-10-,19-11+,21-16+,34-13?/t18-,20+,25+,26+,29-,30+/m1/s1. The van der Waals surface area contributed by atoms with E-state index in [4.69, 9.17) is 24.7 Å².